The number of ketones is 1. The molecule has 6 nitrogen and oxygen atoms in total. The number of aromatic nitrogens is 3. The molecule has 4 rings (SSSR count). The maximum Gasteiger partial charge on any atom is 0.227 e. The Bertz CT molecular complexity index is 898. The number of allylic oxidation sites excluding steroid dienone is 1. The number of hydrogen-bond donors (Lipinski definition) is 0. The summed E-state index contributed by atoms with van der Waals surface area (Å²) in [5, 5.41) is 8.31. The molecule has 2 aromatic rings. The van der Waals surface area contributed by atoms with Gasteiger partial charge >= 0.3 is 0 Å². The van der Waals surface area contributed by atoms with Gasteiger partial charge in [-0.15, -0.1) is 10.2 Å². The van der Waals surface area contributed by atoms with Gasteiger partial charge in [-0.2, -0.15) is 0 Å². The number of benzene rings is 1. The SMILES string of the molecule is Cc1nnc2n1[C@@H](C)CN(C(=O)CC1=C(c3ccccc3)CCC1=O)C2. The van der Waals surface area contributed by atoms with Gasteiger partial charge in [-0.25, -0.2) is 0 Å². The summed E-state index contributed by atoms with van der Waals surface area (Å²) >= 11 is 0. The first kappa shape index (κ1) is 16.7. The normalized spacial score (nSPS) is 19.8. The summed E-state index contributed by atoms with van der Waals surface area (Å²) in [6, 6.07) is 10.0. The van der Waals surface area contributed by atoms with Gasteiger partial charge < -0.3 is 9.47 Å². The van der Waals surface area contributed by atoms with Crippen molar-refractivity contribution in [2.24, 2.45) is 0 Å². The van der Waals surface area contributed by atoms with E-state index in [-0.39, 0.29) is 24.2 Å². The molecule has 134 valence electrons. The van der Waals surface area contributed by atoms with Crippen molar-refractivity contribution >= 4 is 17.3 Å². The van der Waals surface area contributed by atoms with Crippen molar-refractivity contribution < 1.29 is 9.59 Å². The molecule has 1 atom stereocenters. The van der Waals surface area contributed by atoms with Crippen LogP contribution < -0.4 is 0 Å². The molecule has 0 unspecified atom stereocenters. The Labute approximate surface area is 152 Å². The molecule has 0 spiro atoms. The fraction of sp³-hybridized carbons (Fsp3) is 0.400. The summed E-state index contributed by atoms with van der Waals surface area (Å²) in [6.07, 6.45) is 1.38. The van der Waals surface area contributed by atoms with Gasteiger partial charge in [0, 0.05) is 18.5 Å². The molecule has 2 aliphatic rings. The lowest BCUT2D eigenvalue weighted by Crippen LogP contribution is -2.40. The number of hydrogen-bond acceptors (Lipinski definition) is 4. The minimum absolute atomic E-state index is 0.0116. The maximum atomic E-state index is 12.9. The van der Waals surface area contributed by atoms with E-state index >= 15 is 0 Å². The minimum atomic E-state index is -0.0116. The monoisotopic (exact) mass is 350 g/mol. The van der Waals surface area contributed by atoms with E-state index in [1.165, 1.54) is 0 Å². The number of nitrogens with zero attached hydrogens (tertiary/aromatic N) is 4. The van der Waals surface area contributed by atoms with Crippen LogP contribution in [-0.4, -0.2) is 37.9 Å². The van der Waals surface area contributed by atoms with E-state index in [0.717, 1.165) is 29.2 Å². The lowest BCUT2D eigenvalue weighted by atomic mass is 9.99. The summed E-state index contributed by atoms with van der Waals surface area (Å²) < 4.78 is 2.08. The van der Waals surface area contributed by atoms with Gasteiger partial charge in [0.15, 0.2) is 11.6 Å². The molecule has 0 radical (unpaired) electrons. The predicted molar refractivity (Wildman–Crippen MR) is 97.1 cm³/mol. The average Bonchev–Trinajstić information content (AvgIpc) is 3.19. The Hall–Kier alpha value is -2.76. The second-order valence-electron chi connectivity index (χ2n) is 7.08. The molecule has 1 aliphatic carbocycles. The maximum absolute atomic E-state index is 12.9. The number of Topliss-reactive ketones (excluding diaryl/α,β-unsaturated/α-hetero) is 1. The largest absolute Gasteiger partial charge is 0.333 e. The Balaban J connectivity index is 1.57. The van der Waals surface area contributed by atoms with Crippen molar-refractivity contribution in [2.75, 3.05) is 6.54 Å². The highest BCUT2D eigenvalue weighted by atomic mass is 16.2. The van der Waals surface area contributed by atoms with Gasteiger partial charge in [0.05, 0.1) is 19.0 Å². The van der Waals surface area contributed by atoms with E-state index < -0.39 is 0 Å². The van der Waals surface area contributed by atoms with Gasteiger partial charge in [0.1, 0.15) is 5.82 Å². The molecule has 6 heteroatoms. The minimum Gasteiger partial charge on any atom is -0.333 e. The quantitative estimate of drug-likeness (QED) is 0.853. The van der Waals surface area contributed by atoms with E-state index in [4.69, 9.17) is 0 Å². The third-order valence-corrected chi connectivity index (χ3v) is 5.30. The Kier molecular flexibility index (Phi) is 4.18. The first-order valence-corrected chi connectivity index (χ1v) is 9.03. The third kappa shape index (κ3) is 2.85. The molecule has 2 heterocycles. The molecular weight excluding hydrogens is 328 g/mol. The van der Waals surface area contributed by atoms with Gasteiger partial charge in [-0.05, 0) is 31.4 Å². The molecule has 0 saturated carbocycles. The van der Waals surface area contributed by atoms with Crippen molar-refractivity contribution in [3.05, 3.63) is 53.1 Å². The Morgan fingerprint density at radius 1 is 1.19 bits per heavy atom. The fourth-order valence-corrected chi connectivity index (χ4v) is 4.06. The number of carbonyl (C=O) groups excluding carboxylic acids is 2. The topological polar surface area (TPSA) is 68.1 Å². The molecule has 1 aromatic carbocycles. The summed E-state index contributed by atoms with van der Waals surface area (Å²) in [4.78, 5) is 27.1. The van der Waals surface area contributed by atoms with E-state index in [9.17, 15) is 9.59 Å². The van der Waals surface area contributed by atoms with Gasteiger partial charge in [0.25, 0.3) is 0 Å². The average molecular weight is 350 g/mol. The highest BCUT2D eigenvalue weighted by molar-refractivity contribution is 6.10. The Morgan fingerprint density at radius 3 is 2.73 bits per heavy atom. The molecule has 1 aromatic heterocycles. The van der Waals surface area contributed by atoms with Crippen LogP contribution in [0.15, 0.2) is 35.9 Å². The van der Waals surface area contributed by atoms with Crippen LogP contribution in [0.4, 0.5) is 0 Å². The fourth-order valence-electron chi connectivity index (χ4n) is 4.06. The molecule has 0 bridgehead atoms. The summed E-state index contributed by atoms with van der Waals surface area (Å²) in [5.74, 6) is 1.77. The van der Waals surface area contributed by atoms with Crippen LogP contribution in [0.1, 0.15) is 49.4 Å². The highest BCUT2D eigenvalue weighted by Gasteiger charge is 2.31. The van der Waals surface area contributed by atoms with E-state index in [2.05, 4.69) is 21.7 Å². The second kappa shape index (κ2) is 6.52. The van der Waals surface area contributed by atoms with Crippen molar-refractivity contribution in [1.82, 2.24) is 19.7 Å². The van der Waals surface area contributed by atoms with Crippen LogP contribution in [0.3, 0.4) is 0 Å². The van der Waals surface area contributed by atoms with Crippen LogP contribution in [0.2, 0.25) is 0 Å². The van der Waals surface area contributed by atoms with Crippen LogP contribution in [0.5, 0.6) is 0 Å². The molecule has 26 heavy (non-hydrogen) atoms. The molecule has 0 N–H and O–H groups in total. The van der Waals surface area contributed by atoms with Crippen molar-refractivity contribution in [2.45, 2.75) is 45.7 Å². The zero-order chi connectivity index (χ0) is 18.3. The summed E-state index contributed by atoms with van der Waals surface area (Å²) in [5.41, 5.74) is 2.74. The summed E-state index contributed by atoms with van der Waals surface area (Å²) in [6.45, 7) is 5.06. The number of aryl methyl sites for hydroxylation is 1. The zero-order valence-electron chi connectivity index (χ0n) is 15.1. The second-order valence-corrected chi connectivity index (χ2v) is 7.08. The smallest absolute Gasteiger partial charge is 0.227 e. The first-order chi connectivity index (χ1) is 12.5. The van der Waals surface area contributed by atoms with Crippen LogP contribution >= 0.6 is 0 Å². The number of amides is 1. The van der Waals surface area contributed by atoms with Crippen molar-refractivity contribution in [1.29, 1.82) is 0 Å². The highest BCUT2D eigenvalue weighted by Crippen LogP contribution is 2.34. The lowest BCUT2D eigenvalue weighted by molar-refractivity contribution is -0.133. The molecule has 0 fully saturated rings. The van der Waals surface area contributed by atoms with Gasteiger partial charge in [-0.3, -0.25) is 9.59 Å². The van der Waals surface area contributed by atoms with Gasteiger partial charge in [-0.1, -0.05) is 30.3 Å². The standard InChI is InChI=1S/C20H22N4O2/c1-13-11-23(12-19-22-21-14(2)24(13)19)20(26)10-17-16(8-9-18(17)25)15-6-4-3-5-7-15/h3-7,13H,8-12H2,1-2H3/t13-/m0/s1. The lowest BCUT2D eigenvalue weighted by Gasteiger charge is -2.32. The van der Waals surface area contributed by atoms with Crippen LogP contribution in [0.25, 0.3) is 5.57 Å². The third-order valence-electron chi connectivity index (χ3n) is 5.30. The van der Waals surface area contributed by atoms with E-state index in [0.29, 0.717) is 25.1 Å². The molecule has 1 amide bonds. The van der Waals surface area contributed by atoms with E-state index in [1.807, 2.05) is 37.3 Å². The van der Waals surface area contributed by atoms with Gasteiger partial charge in [0.2, 0.25) is 5.91 Å². The van der Waals surface area contributed by atoms with Crippen LogP contribution in [-0.2, 0) is 16.1 Å². The molecule has 0 saturated heterocycles. The molecule has 1 aliphatic heterocycles. The summed E-state index contributed by atoms with van der Waals surface area (Å²) in [7, 11) is 0. The van der Waals surface area contributed by atoms with Crippen LogP contribution in [0, 0.1) is 6.92 Å². The molecular formula is C20H22N4O2. The van der Waals surface area contributed by atoms with Crippen molar-refractivity contribution in [3.8, 4) is 0 Å². The zero-order valence-corrected chi connectivity index (χ0v) is 15.1. The van der Waals surface area contributed by atoms with Crippen molar-refractivity contribution in [3.63, 3.8) is 0 Å². The Morgan fingerprint density at radius 2 is 1.96 bits per heavy atom. The number of fused-ring (bicyclic) bond motifs is 1. The number of carbonyl (C=O) groups is 2. The predicted octanol–water partition coefficient (Wildman–Crippen LogP) is 2.70. The first-order valence-electron chi connectivity index (χ1n) is 9.03. The number of rotatable bonds is 3. The van der Waals surface area contributed by atoms with E-state index in [1.54, 1.807) is 4.90 Å².